The van der Waals surface area contributed by atoms with Crippen molar-refractivity contribution in [2.75, 3.05) is 7.11 Å². The van der Waals surface area contributed by atoms with Crippen LogP contribution in [-0.4, -0.2) is 22.9 Å². The number of methoxy groups -OCH3 is 1. The van der Waals surface area contributed by atoms with Gasteiger partial charge in [-0.05, 0) is 31.0 Å². The largest absolute Gasteiger partial charge is 0.496 e. The number of aryl methyl sites for hydroxylation is 2. The molecule has 0 unspecified atom stereocenters. The zero-order valence-corrected chi connectivity index (χ0v) is 10.1. The summed E-state index contributed by atoms with van der Waals surface area (Å²) in [6, 6.07) is 3.81. The lowest BCUT2D eigenvalue weighted by Gasteiger charge is -2.10. The molecule has 1 N–H and O–H groups in total. The Morgan fingerprint density at radius 3 is 2.71 bits per heavy atom. The van der Waals surface area contributed by atoms with Crippen molar-refractivity contribution in [3.8, 4) is 5.75 Å². The van der Waals surface area contributed by atoms with E-state index in [2.05, 4.69) is 9.97 Å². The van der Waals surface area contributed by atoms with Gasteiger partial charge in [0.05, 0.1) is 12.7 Å². The Hall–Kier alpha value is -2.10. The van der Waals surface area contributed by atoms with Gasteiger partial charge < -0.3 is 9.72 Å². The Balaban J connectivity index is 2.55. The zero-order valence-electron chi connectivity index (χ0n) is 10.1. The number of aromatic nitrogens is 2. The third-order valence-corrected chi connectivity index (χ3v) is 2.60. The van der Waals surface area contributed by atoms with E-state index >= 15 is 0 Å². The molecule has 0 saturated carbocycles. The molecule has 0 aliphatic heterocycles. The minimum Gasteiger partial charge on any atom is -0.496 e. The Bertz CT molecular complexity index is 545. The number of H-pyrrole nitrogens is 1. The van der Waals surface area contributed by atoms with E-state index in [0.717, 1.165) is 11.1 Å². The average molecular weight is 230 g/mol. The first-order chi connectivity index (χ1) is 8.13. The smallest absolute Gasteiger partial charge is 0.232 e. The number of carbonyl (C=O) groups excluding carboxylic acids is 1. The first kappa shape index (κ1) is 11.4. The van der Waals surface area contributed by atoms with Gasteiger partial charge in [0, 0.05) is 12.4 Å². The molecule has 0 saturated heterocycles. The minimum atomic E-state index is -0.149. The second-order valence-electron chi connectivity index (χ2n) is 3.93. The van der Waals surface area contributed by atoms with Gasteiger partial charge in [0.2, 0.25) is 5.78 Å². The lowest BCUT2D eigenvalue weighted by atomic mass is 10.0. The monoisotopic (exact) mass is 230 g/mol. The maximum Gasteiger partial charge on any atom is 0.232 e. The molecule has 4 heteroatoms. The van der Waals surface area contributed by atoms with Gasteiger partial charge >= 0.3 is 0 Å². The number of nitrogens with one attached hydrogen (secondary N) is 1. The van der Waals surface area contributed by atoms with Gasteiger partial charge in [-0.25, -0.2) is 4.98 Å². The number of benzene rings is 1. The summed E-state index contributed by atoms with van der Waals surface area (Å²) >= 11 is 0. The second kappa shape index (κ2) is 4.41. The van der Waals surface area contributed by atoms with Crippen LogP contribution < -0.4 is 4.74 Å². The molecule has 17 heavy (non-hydrogen) atoms. The highest BCUT2D eigenvalue weighted by Crippen LogP contribution is 2.25. The molecule has 4 nitrogen and oxygen atoms in total. The summed E-state index contributed by atoms with van der Waals surface area (Å²) in [6.45, 7) is 3.86. The van der Waals surface area contributed by atoms with Gasteiger partial charge in [0.25, 0.3) is 0 Å². The van der Waals surface area contributed by atoms with Gasteiger partial charge in [-0.1, -0.05) is 6.07 Å². The highest BCUT2D eigenvalue weighted by molar-refractivity contribution is 6.09. The van der Waals surface area contributed by atoms with Gasteiger partial charge in [-0.2, -0.15) is 0 Å². The van der Waals surface area contributed by atoms with E-state index in [1.807, 2.05) is 26.0 Å². The molecule has 0 spiro atoms. The van der Waals surface area contributed by atoms with Crippen molar-refractivity contribution in [3.63, 3.8) is 0 Å². The molecule has 0 bridgehead atoms. The van der Waals surface area contributed by atoms with Crippen LogP contribution >= 0.6 is 0 Å². The summed E-state index contributed by atoms with van der Waals surface area (Å²) in [4.78, 5) is 19.0. The predicted molar refractivity (Wildman–Crippen MR) is 64.5 cm³/mol. The van der Waals surface area contributed by atoms with Crippen LogP contribution in [0.25, 0.3) is 0 Å². The molecule has 1 aromatic carbocycles. The summed E-state index contributed by atoms with van der Waals surface area (Å²) in [5, 5.41) is 0. The quantitative estimate of drug-likeness (QED) is 0.823. The van der Waals surface area contributed by atoms with Crippen LogP contribution in [0.15, 0.2) is 24.5 Å². The normalized spacial score (nSPS) is 10.3. The van der Waals surface area contributed by atoms with Crippen LogP contribution in [0, 0.1) is 13.8 Å². The Kier molecular flexibility index (Phi) is 2.95. The van der Waals surface area contributed by atoms with Crippen molar-refractivity contribution in [2.24, 2.45) is 0 Å². The molecule has 0 fully saturated rings. The fourth-order valence-corrected chi connectivity index (χ4v) is 1.89. The second-order valence-corrected chi connectivity index (χ2v) is 3.93. The van der Waals surface area contributed by atoms with Crippen LogP contribution in [0.2, 0.25) is 0 Å². The number of aromatic amines is 1. The number of nitrogens with zero attached hydrogens (tertiary/aromatic N) is 1. The van der Waals surface area contributed by atoms with Crippen molar-refractivity contribution < 1.29 is 9.53 Å². The number of ether oxygens (including phenoxy) is 1. The number of hydrogen-bond acceptors (Lipinski definition) is 3. The number of carbonyl (C=O) groups is 1. The maximum absolute atomic E-state index is 12.2. The summed E-state index contributed by atoms with van der Waals surface area (Å²) in [6.07, 6.45) is 3.19. The lowest BCUT2D eigenvalue weighted by Crippen LogP contribution is -2.08. The van der Waals surface area contributed by atoms with Crippen molar-refractivity contribution >= 4 is 5.78 Å². The van der Waals surface area contributed by atoms with Crippen molar-refractivity contribution in [3.05, 3.63) is 47.0 Å². The highest BCUT2D eigenvalue weighted by Gasteiger charge is 2.19. The Morgan fingerprint density at radius 1 is 1.35 bits per heavy atom. The number of ketones is 1. The van der Waals surface area contributed by atoms with E-state index in [-0.39, 0.29) is 5.78 Å². The van der Waals surface area contributed by atoms with Gasteiger partial charge in [-0.15, -0.1) is 0 Å². The molecule has 0 aliphatic rings. The summed E-state index contributed by atoms with van der Waals surface area (Å²) in [5.41, 5.74) is 2.52. The third kappa shape index (κ3) is 2.06. The first-order valence-electron chi connectivity index (χ1n) is 5.33. The molecular formula is C13H14N2O2. The average Bonchev–Trinajstić information content (AvgIpc) is 2.80. The van der Waals surface area contributed by atoms with Crippen molar-refractivity contribution in [1.82, 2.24) is 9.97 Å². The van der Waals surface area contributed by atoms with E-state index in [9.17, 15) is 4.79 Å². The zero-order chi connectivity index (χ0) is 12.4. The standard InChI is InChI=1S/C13H14N2O2/c1-8-6-9(2)11(10(7-8)17-3)12(16)13-14-4-5-15-13/h4-7H,1-3H3,(H,14,15). The van der Waals surface area contributed by atoms with Crippen LogP contribution in [-0.2, 0) is 0 Å². The molecular weight excluding hydrogens is 216 g/mol. The topological polar surface area (TPSA) is 55.0 Å². The number of hydrogen-bond donors (Lipinski definition) is 1. The maximum atomic E-state index is 12.2. The summed E-state index contributed by atoms with van der Waals surface area (Å²) in [7, 11) is 1.56. The first-order valence-corrected chi connectivity index (χ1v) is 5.33. The summed E-state index contributed by atoms with van der Waals surface area (Å²) in [5.74, 6) is 0.767. The Morgan fingerprint density at radius 2 is 2.12 bits per heavy atom. The SMILES string of the molecule is COc1cc(C)cc(C)c1C(=O)c1ncc[nH]1. The van der Waals surface area contributed by atoms with Gasteiger partial charge in [-0.3, -0.25) is 4.79 Å². The van der Waals surface area contributed by atoms with Crippen LogP contribution in [0.3, 0.4) is 0 Å². The fraction of sp³-hybridized carbons (Fsp3) is 0.231. The minimum absolute atomic E-state index is 0.149. The van der Waals surface area contributed by atoms with E-state index < -0.39 is 0 Å². The molecule has 1 aromatic heterocycles. The number of imidazole rings is 1. The summed E-state index contributed by atoms with van der Waals surface area (Å²) < 4.78 is 5.26. The van der Waals surface area contributed by atoms with Crippen LogP contribution in [0.1, 0.15) is 27.3 Å². The predicted octanol–water partition coefficient (Wildman–Crippen LogP) is 2.27. The van der Waals surface area contributed by atoms with E-state index in [0.29, 0.717) is 17.1 Å². The van der Waals surface area contributed by atoms with E-state index in [1.165, 1.54) is 0 Å². The molecule has 0 atom stereocenters. The fourth-order valence-electron chi connectivity index (χ4n) is 1.89. The lowest BCUT2D eigenvalue weighted by molar-refractivity contribution is 0.102. The van der Waals surface area contributed by atoms with Crippen molar-refractivity contribution in [2.45, 2.75) is 13.8 Å². The van der Waals surface area contributed by atoms with Gasteiger partial charge in [0.1, 0.15) is 5.75 Å². The van der Waals surface area contributed by atoms with E-state index in [1.54, 1.807) is 19.5 Å². The van der Waals surface area contributed by atoms with E-state index in [4.69, 9.17) is 4.74 Å². The molecule has 2 rings (SSSR count). The van der Waals surface area contributed by atoms with Crippen LogP contribution in [0.4, 0.5) is 0 Å². The molecule has 0 radical (unpaired) electrons. The molecule has 2 aromatic rings. The molecule has 0 amide bonds. The molecule has 0 aliphatic carbocycles. The molecule has 1 heterocycles. The van der Waals surface area contributed by atoms with Crippen molar-refractivity contribution in [1.29, 1.82) is 0 Å². The van der Waals surface area contributed by atoms with Crippen LogP contribution in [0.5, 0.6) is 5.75 Å². The Labute approximate surface area is 99.7 Å². The third-order valence-electron chi connectivity index (χ3n) is 2.60. The highest BCUT2D eigenvalue weighted by atomic mass is 16.5. The molecule has 88 valence electrons. The van der Waals surface area contributed by atoms with Gasteiger partial charge in [0.15, 0.2) is 5.82 Å². The number of rotatable bonds is 3.